The van der Waals surface area contributed by atoms with Gasteiger partial charge in [-0.15, -0.1) is 0 Å². The van der Waals surface area contributed by atoms with Gasteiger partial charge in [0.15, 0.2) is 0 Å². The first-order valence-corrected chi connectivity index (χ1v) is 9.76. The zero-order chi connectivity index (χ0) is 19.1. The number of aromatic nitrogens is 2. The molecule has 1 heterocycles. The van der Waals surface area contributed by atoms with E-state index in [1.807, 2.05) is 38.1 Å². The number of nitrogens with zero attached hydrogens (tertiary/aromatic N) is 2. The van der Waals surface area contributed by atoms with Gasteiger partial charge in [0.2, 0.25) is 0 Å². The van der Waals surface area contributed by atoms with Crippen LogP contribution in [-0.2, 0) is 6.42 Å². The molecule has 0 aliphatic heterocycles. The molecule has 0 fully saturated rings. The second-order valence-corrected chi connectivity index (χ2v) is 7.41. The molecule has 1 aromatic heterocycles. The molecule has 0 saturated heterocycles. The van der Waals surface area contributed by atoms with Crippen LogP contribution in [0.15, 0.2) is 24.3 Å². The van der Waals surface area contributed by atoms with Gasteiger partial charge in [-0.05, 0) is 62.4 Å². The fraction of sp³-hybridized carbons (Fsp3) is 0.545. The van der Waals surface area contributed by atoms with Crippen LogP contribution in [0.3, 0.4) is 0 Å². The van der Waals surface area contributed by atoms with Crippen LogP contribution in [0.5, 0.6) is 5.75 Å². The van der Waals surface area contributed by atoms with Gasteiger partial charge < -0.3 is 4.74 Å². The number of unbranched alkanes of at least 4 members (excludes halogenated alkanes) is 3. The monoisotopic (exact) mass is 356 g/mol. The Morgan fingerprint density at radius 2 is 1.81 bits per heavy atom. The molecule has 0 aliphatic rings. The average molecular weight is 357 g/mol. The summed E-state index contributed by atoms with van der Waals surface area (Å²) in [4.78, 5) is 12.8. The van der Waals surface area contributed by atoms with Crippen molar-refractivity contribution in [1.29, 1.82) is 0 Å². The van der Waals surface area contributed by atoms with Crippen LogP contribution < -0.4 is 4.74 Å². The van der Waals surface area contributed by atoms with E-state index in [0.717, 1.165) is 30.0 Å². The van der Waals surface area contributed by atoms with Crippen LogP contribution >= 0.6 is 0 Å². The fourth-order valence-electron chi connectivity index (χ4n) is 3.04. The van der Waals surface area contributed by atoms with Gasteiger partial charge in [0.25, 0.3) is 5.91 Å². The Hall–Kier alpha value is -2.10. The Kier molecular flexibility index (Phi) is 7.43. The maximum absolute atomic E-state index is 12.8. The lowest BCUT2D eigenvalue weighted by Crippen LogP contribution is -2.15. The maximum atomic E-state index is 12.8. The highest BCUT2D eigenvalue weighted by atomic mass is 16.5. The van der Waals surface area contributed by atoms with Crippen molar-refractivity contribution in [1.82, 2.24) is 9.78 Å². The van der Waals surface area contributed by atoms with E-state index in [4.69, 9.17) is 4.74 Å². The molecule has 0 bridgehead atoms. The van der Waals surface area contributed by atoms with E-state index in [0.29, 0.717) is 18.1 Å². The van der Waals surface area contributed by atoms with E-state index in [1.165, 1.54) is 24.8 Å². The fourth-order valence-corrected chi connectivity index (χ4v) is 3.04. The van der Waals surface area contributed by atoms with E-state index in [-0.39, 0.29) is 5.91 Å². The minimum atomic E-state index is -0.0826. The Morgan fingerprint density at radius 3 is 2.42 bits per heavy atom. The molecule has 0 saturated carbocycles. The van der Waals surface area contributed by atoms with Gasteiger partial charge in [-0.25, -0.2) is 4.68 Å². The molecule has 0 unspecified atom stereocenters. The summed E-state index contributed by atoms with van der Waals surface area (Å²) >= 11 is 0. The predicted molar refractivity (Wildman–Crippen MR) is 106 cm³/mol. The highest BCUT2D eigenvalue weighted by molar-refractivity contribution is 5.96. The summed E-state index contributed by atoms with van der Waals surface area (Å²) in [6.07, 6.45) is 5.86. The highest BCUT2D eigenvalue weighted by Gasteiger charge is 2.17. The largest absolute Gasteiger partial charge is 0.493 e. The van der Waals surface area contributed by atoms with Crippen molar-refractivity contribution in [2.75, 3.05) is 6.61 Å². The summed E-state index contributed by atoms with van der Waals surface area (Å²) < 4.78 is 7.24. The second-order valence-electron chi connectivity index (χ2n) is 7.41. The molecule has 142 valence electrons. The summed E-state index contributed by atoms with van der Waals surface area (Å²) in [6, 6.07) is 7.34. The number of ether oxygens (including phenoxy) is 1. The molecule has 1 aromatic carbocycles. The Bertz CT molecular complexity index is 714. The second kappa shape index (κ2) is 9.56. The lowest BCUT2D eigenvalue weighted by molar-refractivity contribution is 0.0942. The first-order chi connectivity index (χ1) is 12.4. The smallest absolute Gasteiger partial charge is 0.278 e. The SMILES string of the molecule is CCCCCCc1c(C)nn(C(=O)c2ccc(OCC(C)C)cc2)c1C. The summed E-state index contributed by atoms with van der Waals surface area (Å²) in [5.74, 6) is 1.18. The number of rotatable bonds is 9. The third-order valence-corrected chi connectivity index (χ3v) is 4.60. The zero-order valence-electron chi connectivity index (χ0n) is 16.8. The lowest BCUT2D eigenvalue weighted by atomic mass is 10.0. The van der Waals surface area contributed by atoms with Crippen LogP contribution in [0.2, 0.25) is 0 Å². The molecular formula is C22H32N2O2. The number of aryl methyl sites for hydroxylation is 1. The minimum Gasteiger partial charge on any atom is -0.493 e. The lowest BCUT2D eigenvalue weighted by Gasteiger charge is -2.09. The highest BCUT2D eigenvalue weighted by Crippen LogP contribution is 2.19. The van der Waals surface area contributed by atoms with Crippen LogP contribution in [0.1, 0.15) is 73.8 Å². The van der Waals surface area contributed by atoms with Crippen molar-refractivity contribution in [3.05, 3.63) is 46.8 Å². The first kappa shape index (κ1) is 20.2. The van der Waals surface area contributed by atoms with Crippen molar-refractivity contribution < 1.29 is 9.53 Å². The molecule has 0 spiro atoms. The number of benzene rings is 1. The molecule has 2 aromatic rings. The van der Waals surface area contributed by atoms with Gasteiger partial charge in [-0.1, -0.05) is 40.0 Å². The number of hydrogen-bond acceptors (Lipinski definition) is 3. The van der Waals surface area contributed by atoms with E-state index in [1.54, 1.807) is 4.68 Å². The molecule has 4 heteroatoms. The number of hydrogen-bond donors (Lipinski definition) is 0. The van der Waals surface area contributed by atoms with Gasteiger partial charge in [0.1, 0.15) is 5.75 Å². The van der Waals surface area contributed by atoms with Crippen LogP contribution in [0, 0.1) is 19.8 Å². The Labute approximate surface area is 157 Å². The standard InChI is InChI=1S/C22H32N2O2/c1-6-7-8-9-10-21-17(4)23-24(18(21)5)22(25)19-11-13-20(14-12-19)26-15-16(2)3/h11-14,16H,6-10,15H2,1-5H3. The summed E-state index contributed by atoms with van der Waals surface area (Å²) in [5, 5.41) is 4.50. The Balaban J connectivity index is 2.09. The number of carbonyl (C=O) groups is 1. The van der Waals surface area contributed by atoms with Crippen LogP contribution in [0.25, 0.3) is 0 Å². The molecule has 0 aliphatic carbocycles. The normalized spacial score (nSPS) is 11.2. The van der Waals surface area contributed by atoms with Crippen molar-refractivity contribution in [3.8, 4) is 5.75 Å². The van der Waals surface area contributed by atoms with Gasteiger partial charge in [-0.2, -0.15) is 5.10 Å². The Morgan fingerprint density at radius 1 is 1.12 bits per heavy atom. The van der Waals surface area contributed by atoms with Gasteiger partial charge in [0.05, 0.1) is 12.3 Å². The third kappa shape index (κ3) is 5.20. The van der Waals surface area contributed by atoms with Gasteiger partial charge in [0, 0.05) is 11.3 Å². The molecule has 0 amide bonds. The number of carbonyl (C=O) groups excluding carboxylic acids is 1. The van der Waals surface area contributed by atoms with Crippen molar-refractivity contribution in [2.45, 2.75) is 66.7 Å². The van der Waals surface area contributed by atoms with Crippen molar-refractivity contribution in [2.24, 2.45) is 5.92 Å². The predicted octanol–water partition coefficient (Wildman–Crippen LogP) is 5.35. The van der Waals surface area contributed by atoms with Gasteiger partial charge in [-0.3, -0.25) is 4.79 Å². The summed E-state index contributed by atoms with van der Waals surface area (Å²) in [7, 11) is 0. The van der Waals surface area contributed by atoms with E-state index < -0.39 is 0 Å². The van der Waals surface area contributed by atoms with Crippen molar-refractivity contribution in [3.63, 3.8) is 0 Å². The zero-order valence-corrected chi connectivity index (χ0v) is 16.8. The average Bonchev–Trinajstić information content (AvgIpc) is 2.91. The van der Waals surface area contributed by atoms with Crippen molar-refractivity contribution >= 4 is 5.91 Å². The van der Waals surface area contributed by atoms with Crippen LogP contribution in [0.4, 0.5) is 0 Å². The first-order valence-electron chi connectivity index (χ1n) is 9.76. The third-order valence-electron chi connectivity index (χ3n) is 4.60. The molecule has 0 radical (unpaired) electrons. The molecule has 0 atom stereocenters. The molecule has 4 nitrogen and oxygen atoms in total. The summed E-state index contributed by atoms with van der Waals surface area (Å²) in [5.41, 5.74) is 3.77. The summed E-state index contributed by atoms with van der Waals surface area (Å²) in [6.45, 7) is 11.1. The molecular weight excluding hydrogens is 324 g/mol. The molecule has 0 N–H and O–H groups in total. The minimum absolute atomic E-state index is 0.0826. The molecule has 26 heavy (non-hydrogen) atoms. The maximum Gasteiger partial charge on any atom is 0.278 e. The van der Waals surface area contributed by atoms with E-state index in [9.17, 15) is 4.79 Å². The van der Waals surface area contributed by atoms with Crippen LogP contribution in [-0.4, -0.2) is 22.3 Å². The van der Waals surface area contributed by atoms with E-state index >= 15 is 0 Å². The topological polar surface area (TPSA) is 44.1 Å². The van der Waals surface area contributed by atoms with E-state index in [2.05, 4.69) is 25.9 Å². The quantitative estimate of drug-likeness (QED) is 0.569. The molecule has 2 rings (SSSR count). The van der Waals surface area contributed by atoms with Gasteiger partial charge >= 0.3 is 0 Å².